The van der Waals surface area contributed by atoms with Gasteiger partial charge in [0, 0.05) is 0 Å². The van der Waals surface area contributed by atoms with E-state index in [1.165, 1.54) is 83.5 Å². The van der Waals surface area contributed by atoms with Gasteiger partial charge in [-0.05, 0) is 18.9 Å². The fraction of sp³-hybridized carbons (Fsp3) is 0.889. The Kier molecular flexibility index (Phi) is 22.4. The molecule has 0 saturated carbocycles. The number of hydrogen-bond donors (Lipinski definition) is 2. The van der Waals surface area contributed by atoms with Crippen LogP contribution in [0.25, 0.3) is 0 Å². The molecular formula is C18H38NaO4P. The van der Waals surface area contributed by atoms with Gasteiger partial charge in [-0.1, -0.05) is 90.4 Å². The van der Waals surface area contributed by atoms with Gasteiger partial charge < -0.3 is 5.95 Å². The molecule has 0 saturated heterocycles. The van der Waals surface area contributed by atoms with Crippen LogP contribution in [-0.4, -0.2) is 9.79 Å². The molecule has 24 heavy (non-hydrogen) atoms. The van der Waals surface area contributed by atoms with Gasteiger partial charge in [-0.15, -0.1) is 0 Å². The molecule has 0 fully saturated rings. The van der Waals surface area contributed by atoms with Crippen molar-refractivity contribution in [3.8, 4) is 0 Å². The summed E-state index contributed by atoms with van der Waals surface area (Å²) in [6.45, 7) is 2.26. The van der Waals surface area contributed by atoms with Crippen molar-refractivity contribution in [2.24, 2.45) is 0 Å². The molecule has 0 unspecified atom stereocenters. The third kappa shape index (κ3) is 24.9. The number of hydrogen-bond acceptors (Lipinski definition) is 2. The molecule has 0 aliphatic heterocycles. The fourth-order valence-corrected chi connectivity index (χ4v) is 2.89. The second-order valence-corrected chi connectivity index (χ2v) is 7.54. The van der Waals surface area contributed by atoms with E-state index in [4.69, 9.17) is 9.79 Å². The van der Waals surface area contributed by atoms with Crippen molar-refractivity contribution in [2.75, 3.05) is 0 Å². The third-order valence-electron chi connectivity index (χ3n) is 4.02. The Morgan fingerprint density at radius 2 is 1.17 bits per heavy atom. The van der Waals surface area contributed by atoms with Crippen molar-refractivity contribution >= 4 is 7.82 Å². The van der Waals surface area contributed by atoms with Crippen LogP contribution in [-0.2, 0) is 9.09 Å². The number of unbranched alkanes of at least 4 members (excludes halogenated alkanes) is 14. The zero-order valence-electron chi connectivity index (χ0n) is 16.9. The van der Waals surface area contributed by atoms with Crippen LogP contribution in [0.2, 0.25) is 0 Å². The van der Waals surface area contributed by atoms with E-state index >= 15 is 0 Å². The predicted octanol–water partition coefficient (Wildman–Crippen LogP) is 3.60. The van der Waals surface area contributed by atoms with Crippen LogP contribution in [0.3, 0.4) is 0 Å². The molecule has 0 bridgehead atoms. The van der Waals surface area contributed by atoms with Crippen LogP contribution in [0.1, 0.15) is 105 Å². The van der Waals surface area contributed by atoms with E-state index < -0.39 is 7.82 Å². The predicted molar refractivity (Wildman–Crippen MR) is 98.3 cm³/mol. The van der Waals surface area contributed by atoms with E-state index in [1.54, 1.807) is 6.08 Å². The molecule has 0 rings (SSSR count). The first-order chi connectivity index (χ1) is 11.1. The molecule has 0 heterocycles. The Labute approximate surface area is 172 Å². The van der Waals surface area contributed by atoms with Gasteiger partial charge in [0.05, 0.1) is 6.26 Å². The maximum Gasteiger partial charge on any atom is 1.00 e. The van der Waals surface area contributed by atoms with Crippen molar-refractivity contribution in [3.63, 3.8) is 0 Å². The van der Waals surface area contributed by atoms with E-state index in [1.807, 2.05) is 0 Å². The molecule has 2 N–H and O–H groups in total. The Hall–Kier alpha value is 0.690. The molecule has 0 aromatic carbocycles. The second-order valence-electron chi connectivity index (χ2n) is 6.35. The largest absolute Gasteiger partial charge is 1.00 e. The number of phosphoric acid groups is 1. The van der Waals surface area contributed by atoms with Crippen LogP contribution in [0.4, 0.5) is 0 Å². The van der Waals surface area contributed by atoms with Crippen molar-refractivity contribution in [1.29, 1.82) is 0 Å². The smallest absolute Gasteiger partial charge is 1.00 e. The number of allylic oxidation sites excluding steroid dienone is 1. The molecule has 0 amide bonds. The molecule has 4 nitrogen and oxygen atoms in total. The van der Waals surface area contributed by atoms with E-state index in [0.29, 0.717) is 0 Å². The maximum absolute atomic E-state index is 10.4. The Bertz CT molecular complexity index is 324. The van der Waals surface area contributed by atoms with Crippen LogP contribution in [0.5, 0.6) is 0 Å². The first kappa shape index (κ1) is 26.9. The van der Waals surface area contributed by atoms with E-state index in [2.05, 4.69) is 11.4 Å². The molecule has 140 valence electrons. The maximum atomic E-state index is 10.4. The summed E-state index contributed by atoms with van der Waals surface area (Å²) < 4.78 is 14.6. The quantitative estimate of drug-likeness (QED) is 0.177. The van der Waals surface area contributed by atoms with Gasteiger partial charge in [0.15, 0.2) is 0 Å². The molecule has 6 heteroatoms. The molecule has 0 radical (unpaired) electrons. The van der Waals surface area contributed by atoms with Crippen LogP contribution >= 0.6 is 7.82 Å². The first-order valence-corrected chi connectivity index (χ1v) is 11.0. The van der Waals surface area contributed by atoms with Gasteiger partial charge in [0.2, 0.25) is 0 Å². The van der Waals surface area contributed by atoms with Crippen molar-refractivity contribution in [3.05, 3.63) is 12.3 Å². The molecule has 0 aliphatic carbocycles. The van der Waals surface area contributed by atoms with Crippen molar-refractivity contribution < 1.29 is 49.9 Å². The van der Waals surface area contributed by atoms with Gasteiger partial charge in [0.1, 0.15) is 0 Å². The average molecular weight is 372 g/mol. The Morgan fingerprint density at radius 3 is 1.54 bits per heavy atom. The standard InChI is InChI=1S/C18H37O4P.Na.H/c1-2-3-4-5-6-7-8-9-10-11-12-13-14-15-16-17-18-22-23(19,20)21;;/h17-18H,2-16H2,1H3,(H2,19,20,21);;/q;+1;-1. The summed E-state index contributed by atoms with van der Waals surface area (Å²) in [5.74, 6) is 0. The summed E-state index contributed by atoms with van der Waals surface area (Å²) in [6.07, 6.45) is 22.3. The van der Waals surface area contributed by atoms with E-state index in [0.717, 1.165) is 19.1 Å². The van der Waals surface area contributed by atoms with Crippen LogP contribution < -0.4 is 29.6 Å². The minimum Gasteiger partial charge on any atom is -1.00 e. The molecule has 0 aliphatic rings. The summed E-state index contributed by atoms with van der Waals surface area (Å²) in [5, 5.41) is 0. The summed E-state index contributed by atoms with van der Waals surface area (Å²) in [6, 6.07) is 0. The monoisotopic (exact) mass is 372 g/mol. The summed E-state index contributed by atoms with van der Waals surface area (Å²) >= 11 is 0. The number of phosphoric ester groups is 1. The Balaban J connectivity index is -0.00000242. The second kappa shape index (κ2) is 20.0. The van der Waals surface area contributed by atoms with Crippen LogP contribution in [0.15, 0.2) is 12.3 Å². The molecular weight excluding hydrogens is 334 g/mol. The van der Waals surface area contributed by atoms with Crippen molar-refractivity contribution in [2.45, 2.75) is 103 Å². The van der Waals surface area contributed by atoms with Gasteiger partial charge in [-0.3, -0.25) is 9.79 Å². The Morgan fingerprint density at radius 1 is 0.792 bits per heavy atom. The normalized spacial score (nSPS) is 11.6. The SMILES string of the molecule is CCCCCCCCCCCCCCCCC=COP(=O)(O)O.[H-].[Na+]. The van der Waals surface area contributed by atoms with E-state index in [9.17, 15) is 4.57 Å². The zero-order valence-corrected chi connectivity index (χ0v) is 18.8. The molecule has 0 aromatic rings. The van der Waals surface area contributed by atoms with Crippen molar-refractivity contribution in [1.82, 2.24) is 0 Å². The first-order valence-electron chi connectivity index (χ1n) is 9.45. The van der Waals surface area contributed by atoms with Gasteiger partial charge >= 0.3 is 37.4 Å². The summed E-state index contributed by atoms with van der Waals surface area (Å²) in [5.41, 5.74) is 0. The topological polar surface area (TPSA) is 66.8 Å². The average Bonchev–Trinajstić information content (AvgIpc) is 2.49. The zero-order chi connectivity index (χ0) is 17.2. The van der Waals surface area contributed by atoms with E-state index in [-0.39, 0.29) is 31.0 Å². The molecule has 0 aromatic heterocycles. The molecule has 0 atom stereocenters. The van der Waals surface area contributed by atoms with Gasteiger partial charge in [0.25, 0.3) is 0 Å². The van der Waals surface area contributed by atoms with Gasteiger partial charge in [-0.25, -0.2) is 4.57 Å². The minimum atomic E-state index is -4.34. The molecule has 0 spiro atoms. The van der Waals surface area contributed by atoms with Crippen LogP contribution in [0, 0.1) is 0 Å². The minimum absolute atomic E-state index is 0. The third-order valence-corrected chi connectivity index (χ3v) is 4.42. The summed E-state index contributed by atoms with van der Waals surface area (Å²) in [4.78, 5) is 17.0. The number of rotatable bonds is 17. The van der Waals surface area contributed by atoms with Gasteiger partial charge in [-0.2, -0.15) is 0 Å². The fourth-order valence-electron chi connectivity index (χ4n) is 2.65. The summed E-state index contributed by atoms with van der Waals surface area (Å²) in [7, 11) is -4.34.